The normalized spacial score (nSPS) is 52.2. The van der Waals surface area contributed by atoms with E-state index in [0.717, 1.165) is 13.1 Å². The largest absolute Gasteiger partial charge is 0.343 e. The van der Waals surface area contributed by atoms with Gasteiger partial charge in [-0.15, -0.1) is 0 Å². The zero-order valence-electron chi connectivity index (χ0n) is 8.04. The maximum Gasteiger partial charge on any atom is 0.163 e. The minimum atomic E-state index is -0.399. The zero-order valence-corrected chi connectivity index (χ0v) is 8.04. The number of hydrogen-bond donors (Lipinski definition) is 2. The number of ether oxygens (including phenoxy) is 2. The lowest BCUT2D eigenvalue weighted by Crippen LogP contribution is -2.34. The van der Waals surface area contributed by atoms with Crippen LogP contribution >= 0.6 is 0 Å². The fraction of sp³-hybridized carbons (Fsp3) is 1.00. The topological polar surface area (TPSA) is 62.3 Å². The lowest BCUT2D eigenvalue weighted by atomic mass is 10.1. The first-order valence-electron chi connectivity index (χ1n) is 4.98. The van der Waals surface area contributed by atoms with Crippen LogP contribution in [0.2, 0.25) is 0 Å². The minimum absolute atomic E-state index is 0.245. The Morgan fingerprint density at radius 2 is 1.38 bits per heavy atom. The molecule has 3 aliphatic heterocycles. The van der Waals surface area contributed by atoms with Gasteiger partial charge in [0.15, 0.2) is 5.79 Å². The lowest BCUT2D eigenvalue weighted by Gasteiger charge is -2.16. The summed E-state index contributed by atoms with van der Waals surface area (Å²) in [5.41, 5.74) is 0. The molecule has 3 fully saturated rings. The highest BCUT2D eigenvalue weighted by molar-refractivity contribution is 5.06. The van der Waals surface area contributed by atoms with E-state index in [9.17, 15) is 0 Å². The first-order valence-corrected chi connectivity index (χ1v) is 4.98. The van der Waals surface area contributed by atoms with Gasteiger partial charge in [-0.2, -0.15) is 0 Å². The molecule has 0 aliphatic carbocycles. The van der Waals surface area contributed by atoms with Crippen LogP contribution in [-0.2, 0) is 9.47 Å². The van der Waals surface area contributed by atoms with Crippen LogP contribution in [0.5, 0.6) is 0 Å². The van der Waals surface area contributed by atoms with E-state index in [-0.39, 0.29) is 12.2 Å². The lowest BCUT2D eigenvalue weighted by molar-refractivity contribution is -0.146. The minimum Gasteiger partial charge on any atom is -0.343 e. The molecule has 0 aromatic carbocycles. The predicted octanol–water partition coefficient (Wildman–Crippen LogP) is -0.550. The zero-order chi connectivity index (χ0) is 9.05. The Labute approximate surface area is 78.0 Å². The molecule has 4 atom stereocenters. The highest BCUT2D eigenvalue weighted by Crippen LogP contribution is 2.35. The van der Waals surface area contributed by atoms with Crippen LogP contribution in [-0.4, -0.2) is 43.2 Å². The van der Waals surface area contributed by atoms with Crippen molar-refractivity contribution in [1.29, 1.82) is 0 Å². The van der Waals surface area contributed by atoms with Crippen LogP contribution in [0.3, 0.4) is 0 Å². The van der Waals surface area contributed by atoms with Crippen LogP contribution in [0.1, 0.15) is 13.8 Å². The first kappa shape index (κ1) is 8.17. The summed E-state index contributed by atoms with van der Waals surface area (Å²) in [7, 11) is 0. The summed E-state index contributed by atoms with van der Waals surface area (Å²) < 4.78 is 11.7. The molecule has 2 N–H and O–H groups in total. The molecular formula is C9H16N2O2. The molecule has 13 heavy (non-hydrogen) atoms. The van der Waals surface area contributed by atoms with Crippen LogP contribution in [0.25, 0.3) is 0 Å². The van der Waals surface area contributed by atoms with Crippen molar-refractivity contribution in [3.63, 3.8) is 0 Å². The summed E-state index contributed by atoms with van der Waals surface area (Å²) in [6, 6.07) is 1.04. The Morgan fingerprint density at radius 3 is 1.69 bits per heavy atom. The van der Waals surface area contributed by atoms with Crippen LogP contribution < -0.4 is 10.6 Å². The Kier molecular flexibility index (Phi) is 1.54. The molecular weight excluding hydrogens is 168 g/mol. The van der Waals surface area contributed by atoms with Crippen molar-refractivity contribution in [2.45, 2.75) is 43.9 Å². The van der Waals surface area contributed by atoms with E-state index in [0.29, 0.717) is 12.1 Å². The third-order valence-corrected chi connectivity index (χ3v) is 2.84. The van der Waals surface area contributed by atoms with Gasteiger partial charge in [0, 0.05) is 25.2 Å². The van der Waals surface area contributed by atoms with Gasteiger partial charge < -0.3 is 20.1 Å². The average Bonchev–Trinajstić information content (AvgIpc) is 2.90. The summed E-state index contributed by atoms with van der Waals surface area (Å²) in [6.07, 6.45) is 0.491. The molecule has 4 heteroatoms. The number of hydrogen-bond acceptors (Lipinski definition) is 4. The number of rotatable bonds is 2. The van der Waals surface area contributed by atoms with Crippen LogP contribution in [0.15, 0.2) is 0 Å². The van der Waals surface area contributed by atoms with Crippen molar-refractivity contribution in [1.82, 2.24) is 10.6 Å². The van der Waals surface area contributed by atoms with Crippen molar-refractivity contribution in [3.05, 3.63) is 0 Å². The standard InChI is InChI=1S/C9H16N2O2/c1-9(2)12-7(5-3-10-5)8(13-9)6-4-11-6/h5-8,10-11H,3-4H2,1-2H3/t5-,6-,7+,8+/m0/s1. The Morgan fingerprint density at radius 1 is 1.00 bits per heavy atom. The molecule has 3 aliphatic rings. The van der Waals surface area contributed by atoms with E-state index in [1.807, 2.05) is 13.8 Å². The third kappa shape index (κ3) is 1.48. The van der Waals surface area contributed by atoms with E-state index < -0.39 is 5.79 Å². The van der Waals surface area contributed by atoms with Crippen molar-refractivity contribution in [2.75, 3.05) is 13.1 Å². The highest BCUT2D eigenvalue weighted by atomic mass is 16.8. The average molecular weight is 184 g/mol. The Balaban J connectivity index is 1.75. The first-order chi connectivity index (χ1) is 6.16. The molecule has 3 saturated heterocycles. The molecule has 0 radical (unpaired) electrons. The molecule has 0 amide bonds. The van der Waals surface area contributed by atoms with Crippen molar-refractivity contribution in [3.8, 4) is 0 Å². The molecule has 74 valence electrons. The monoisotopic (exact) mass is 184 g/mol. The second kappa shape index (κ2) is 2.45. The molecule has 3 rings (SSSR count). The summed E-state index contributed by atoms with van der Waals surface area (Å²) in [5.74, 6) is -0.399. The summed E-state index contributed by atoms with van der Waals surface area (Å²) >= 11 is 0. The van der Waals surface area contributed by atoms with Gasteiger partial charge in [-0.3, -0.25) is 0 Å². The molecule has 0 aromatic rings. The molecule has 0 saturated carbocycles. The second-order valence-corrected chi connectivity index (χ2v) is 4.59. The van der Waals surface area contributed by atoms with Gasteiger partial charge in [-0.1, -0.05) is 0 Å². The SMILES string of the molecule is CC1(C)O[C@H]([C@@H]2CN2)[C@@H]([C@@H]2CN2)O1. The van der Waals surface area contributed by atoms with E-state index in [4.69, 9.17) is 9.47 Å². The van der Waals surface area contributed by atoms with E-state index in [1.54, 1.807) is 0 Å². The Bertz CT molecular complexity index is 202. The van der Waals surface area contributed by atoms with Crippen molar-refractivity contribution >= 4 is 0 Å². The van der Waals surface area contributed by atoms with Gasteiger partial charge in [0.25, 0.3) is 0 Å². The smallest absolute Gasteiger partial charge is 0.163 e. The van der Waals surface area contributed by atoms with E-state index in [1.165, 1.54) is 0 Å². The molecule has 4 nitrogen and oxygen atoms in total. The van der Waals surface area contributed by atoms with Gasteiger partial charge in [-0.25, -0.2) is 0 Å². The summed E-state index contributed by atoms with van der Waals surface area (Å²) in [5, 5.41) is 6.59. The van der Waals surface area contributed by atoms with Gasteiger partial charge in [0.1, 0.15) is 12.2 Å². The van der Waals surface area contributed by atoms with Gasteiger partial charge in [0.2, 0.25) is 0 Å². The molecule has 3 heterocycles. The van der Waals surface area contributed by atoms with Crippen molar-refractivity contribution < 1.29 is 9.47 Å². The fourth-order valence-electron chi connectivity index (χ4n) is 2.04. The summed E-state index contributed by atoms with van der Waals surface area (Å²) in [6.45, 7) is 6.14. The van der Waals surface area contributed by atoms with Gasteiger partial charge in [-0.05, 0) is 13.8 Å². The van der Waals surface area contributed by atoms with Crippen LogP contribution in [0, 0.1) is 0 Å². The summed E-state index contributed by atoms with van der Waals surface area (Å²) in [4.78, 5) is 0. The van der Waals surface area contributed by atoms with Crippen molar-refractivity contribution in [2.24, 2.45) is 0 Å². The highest BCUT2D eigenvalue weighted by Gasteiger charge is 2.53. The van der Waals surface area contributed by atoms with E-state index >= 15 is 0 Å². The maximum atomic E-state index is 5.86. The van der Waals surface area contributed by atoms with E-state index in [2.05, 4.69) is 10.6 Å². The molecule has 0 aromatic heterocycles. The molecule has 0 spiro atoms. The molecule has 0 unspecified atom stereocenters. The fourth-order valence-corrected chi connectivity index (χ4v) is 2.04. The van der Waals surface area contributed by atoms with Gasteiger partial charge >= 0.3 is 0 Å². The third-order valence-electron chi connectivity index (χ3n) is 2.84. The molecule has 0 bridgehead atoms. The van der Waals surface area contributed by atoms with Gasteiger partial charge in [0.05, 0.1) is 0 Å². The van der Waals surface area contributed by atoms with Crippen LogP contribution in [0.4, 0.5) is 0 Å². The maximum absolute atomic E-state index is 5.86. The quantitative estimate of drug-likeness (QED) is 0.565. The predicted molar refractivity (Wildman–Crippen MR) is 47.4 cm³/mol. The number of nitrogens with one attached hydrogen (secondary N) is 2. The Hall–Kier alpha value is -0.160. The second-order valence-electron chi connectivity index (χ2n) is 4.59.